The molecule has 12 heteroatoms. The van der Waals surface area contributed by atoms with Crippen LogP contribution in [0.1, 0.15) is 6.42 Å². The molecule has 1 aliphatic rings. The molecule has 1 atom stereocenters. The number of sulfone groups is 1. The van der Waals surface area contributed by atoms with Crippen molar-refractivity contribution in [3.05, 3.63) is 0 Å². The lowest BCUT2D eigenvalue weighted by molar-refractivity contribution is -0.146. The zero-order valence-electron chi connectivity index (χ0n) is 10.00. The van der Waals surface area contributed by atoms with Gasteiger partial charge >= 0.3 is 12.1 Å². The minimum atomic E-state index is -4.92. The Morgan fingerprint density at radius 2 is 1.90 bits per heavy atom. The Labute approximate surface area is 113 Å². The van der Waals surface area contributed by atoms with Gasteiger partial charge in [-0.3, -0.25) is 4.79 Å². The molecular formula is C8H12F3NO6S2. The van der Waals surface area contributed by atoms with Gasteiger partial charge in [0.2, 0.25) is 10.0 Å². The molecule has 1 N–H and O–H groups in total. The van der Waals surface area contributed by atoms with Gasteiger partial charge in [-0.05, 0) is 6.42 Å². The summed E-state index contributed by atoms with van der Waals surface area (Å²) in [6, 6.07) is 0. The van der Waals surface area contributed by atoms with E-state index in [1.54, 1.807) is 0 Å². The average Bonchev–Trinajstić information content (AvgIpc) is 2.55. The molecule has 0 aromatic rings. The second kappa shape index (κ2) is 5.48. The number of rotatable bonds is 5. The molecule has 0 radical (unpaired) electrons. The van der Waals surface area contributed by atoms with Crippen molar-refractivity contribution in [2.24, 2.45) is 0 Å². The molecule has 0 aromatic heterocycles. The van der Waals surface area contributed by atoms with E-state index < -0.39 is 61.9 Å². The van der Waals surface area contributed by atoms with Crippen LogP contribution in [0.3, 0.4) is 0 Å². The smallest absolute Gasteiger partial charge is 0.402 e. The quantitative estimate of drug-likeness (QED) is 0.720. The molecule has 1 saturated heterocycles. The predicted molar refractivity (Wildman–Crippen MR) is 61.2 cm³/mol. The molecular weight excluding hydrogens is 327 g/mol. The van der Waals surface area contributed by atoms with Crippen LogP contribution in [-0.4, -0.2) is 68.2 Å². The molecule has 118 valence electrons. The topological polar surface area (TPSA) is 109 Å². The van der Waals surface area contributed by atoms with E-state index in [4.69, 9.17) is 5.11 Å². The van der Waals surface area contributed by atoms with Gasteiger partial charge in [0.05, 0.1) is 16.8 Å². The summed E-state index contributed by atoms with van der Waals surface area (Å²) in [6.07, 6.45) is -5.25. The van der Waals surface area contributed by atoms with E-state index in [-0.39, 0.29) is 10.7 Å². The number of carboxylic acid groups (broad SMARTS) is 1. The number of carbonyl (C=O) groups is 1. The third-order valence-electron chi connectivity index (χ3n) is 2.64. The first-order chi connectivity index (χ1) is 8.83. The van der Waals surface area contributed by atoms with Gasteiger partial charge in [0, 0.05) is 0 Å². The summed E-state index contributed by atoms with van der Waals surface area (Å²) in [5.41, 5.74) is 0. The van der Waals surface area contributed by atoms with Gasteiger partial charge in [-0.2, -0.15) is 17.5 Å². The van der Waals surface area contributed by atoms with Crippen molar-refractivity contribution >= 4 is 25.8 Å². The minimum Gasteiger partial charge on any atom is -0.480 e. The maximum atomic E-state index is 12.3. The maximum absolute atomic E-state index is 12.3. The second-order valence-electron chi connectivity index (χ2n) is 4.35. The third-order valence-corrected chi connectivity index (χ3v) is 6.84. The summed E-state index contributed by atoms with van der Waals surface area (Å²) in [4.78, 5) is 10.5. The Hall–Kier alpha value is -0.880. The second-order valence-corrected chi connectivity index (χ2v) is 8.79. The van der Waals surface area contributed by atoms with Crippen LogP contribution in [0.4, 0.5) is 13.2 Å². The van der Waals surface area contributed by atoms with Gasteiger partial charge in [-0.1, -0.05) is 0 Å². The molecule has 1 aliphatic heterocycles. The molecule has 0 bridgehead atoms. The molecule has 0 amide bonds. The summed E-state index contributed by atoms with van der Waals surface area (Å²) in [6.45, 7) is -3.32. The lowest BCUT2D eigenvalue weighted by Gasteiger charge is -2.24. The van der Waals surface area contributed by atoms with Gasteiger partial charge < -0.3 is 5.11 Å². The monoisotopic (exact) mass is 339 g/mol. The zero-order chi connectivity index (χ0) is 15.8. The van der Waals surface area contributed by atoms with Crippen molar-refractivity contribution in [3.63, 3.8) is 0 Å². The molecule has 20 heavy (non-hydrogen) atoms. The number of sulfonamides is 1. The standard InChI is InChI=1S/C8H12F3NO6S2/c9-8(10,11)5-12(3-7(13)14)20(17,18)6-1-2-19(15,16)4-6/h6H,1-5H2,(H,13,14). The van der Waals surface area contributed by atoms with Crippen LogP contribution in [0.15, 0.2) is 0 Å². The average molecular weight is 339 g/mol. The van der Waals surface area contributed by atoms with E-state index in [0.29, 0.717) is 0 Å². The third kappa shape index (κ3) is 4.59. The van der Waals surface area contributed by atoms with Crippen LogP contribution in [0.2, 0.25) is 0 Å². The molecule has 1 unspecified atom stereocenters. The first-order valence-electron chi connectivity index (χ1n) is 5.31. The van der Waals surface area contributed by atoms with Crippen molar-refractivity contribution in [2.45, 2.75) is 17.8 Å². The molecule has 0 aromatic carbocycles. The van der Waals surface area contributed by atoms with E-state index in [9.17, 15) is 34.8 Å². The number of alkyl halides is 3. The lowest BCUT2D eigenvalue weighted by atomic mass is 10.4. The van der Waals surface area contributed by atoms with Crippen molar-refractivity contribution in [3.8, 4) is 0 Å². The van der Waals surface area contributed by atoms with Gasteiger partial charge in [-0.15, -0.1) is 0 Å². The Balaban J connectivity index is 3.02. The van der Waals surface area contributed by atoms with Gasteiger partial charge in [-0.25, -0.2) is 16.8 Å². The molecule has 1 fully saturated rings. The van der Waals surface area contributed by atoms with Crippen LogP contribution in [0.25, 0.3) is 0 Å². The van der Waals surface area contributed by atoms with Crippen LogP contribution in [0, 0.1) is 0 Å². The van der Waals surface area contributed by atoms with E-state index in [1.165, 1.54) is 0 Å². The number of aliphatic carboxylic acids is 1. The van der Waals surface area contributed by atoms with Gasteiger partial charge in [0.1, 0.15) is 13.1 Å². The van der Waals surface area contributed by atoms with Gasteiger partial charge in [0.15, 0.2) is 9.84 Å². The number of hydrogen-bond donors (Lipinski definition) is 1. The highest BCUT2D eigenvalue weighted by molar-refractivity contribution is 7.95. The first-order valence-corrected chi connectivity index (χ1v) is 8.64. The Bertz CT molecular complexity index is 582. The van der Waals surface area contributed by atoms with E-state index in [2.05, 4.69) is 0 Å². The largest absolute Gasteiger partial charge is 0.480 e. The lowest BCUT2D eigenvalue weighted by Crippen LogP contribution is -2.46. The van der Waals surface area contributed by atoms with Crippen molar-refractivity contribution in [1.29, 1.82) is 0 Å². The Kier molecular flexibility index (Phi) is 4.71. The van der Waals surface area contributed by atoms with E-state index in [0.717, 1.165) is 0 Å². The summed E-state index contributed by atoms with van der Waals surface area (Å²) in [5.74, 6) is -2.98. The summed E-state index contributed by atoms with van der Waals surface area (Å²) in [5, 5.41) is 6.96. The molecule has 0 saturated carbocycles. The number of carboxylic acids is 1. The first kappa shape index (κ1) is 17.2. The maximum Gasteiger partial charge on any atom is 0.402 e. The molecule has 7 nitrogen and oxygen atoms in total. The highest BCUT2D eigenvalue weighted by atomic mass is 32.2. The number of halogens is 3. The zero-order valence-corrected chi connectivity index (χ0v) is 11.6. The normalized spacial score (nSPS) is 23.1. The molecule has 1 heterocycles. The fourth-order valence-corrected chi connectivity index (χ4v) is 6.25. The highest BCUT2D eigenvalue weighted by Crippen LogP contribution is 2.25. The summed E-state index contributed by atoms with van der Waals surface area (Å²) >= 11 is 0. The summed E-state index contributed by atoms with van der Waals surface area (Å²) in [7, 11) is -8.27. The molecule has 0 aliphatic carbocycles. The predicted octanol–water partition coefficient (Wildman–Crippen LogP) is -0.548. The van der Waals surface area contributed by atoms with Crippen LogP contribution in [-0.2, 0) is 24.7 Å². The van der Waals surface area contributed by atoms with Crippen molar-refractivity contribution in [1.82, 2.24) is 4.31 Å². The number of nitrogens with zero attached hydrogens (tertiary/aromatic N) is 1. The van der Waals surface area contributed by atoms with Crippen LogP contribution < -0.4 is 0 Å². The van der Waals surface area contributed by atoms with E-state index in [1.807, 2.05) is 0 Å². The molecule has 0 spiro atoms. The Morgan fingerprint density at radius 3 is 2.25 bits per heavy atom. The SMILES string of the molecule is O=C(O)CN(CC(F)(F)F)S(=O)(=O)C1CCS(=O)(=O)C1. The van der Waals surface area contributed by atoms with Gasteiger partial charge in [0.25, 0.3) is 0 Å². The molecule has 1 rings (SSSR count). The minimum absolute atomic E-state index is 0.235. The van der Waals surface area contributed by atoms with Crippen LogP contribution in [0.5, 0.6) is 0 Å². The van der Waals surface area contributed by atoms with Crippen molar-refractivity contribution < 1.29 is 39.9 Å². The summed E-state index contributed by atoms with van der Waals surface area (Å²) < 4.78 is 82.9. The van der Waals surface area contributed by atoms with E-state index >= 15 is 0 Å². The fraction of sp³-hybridized carbons (Fsp3) is 0.875. The highest BCUT2D eigenvalue weighted by Gasteiger charge is 2.44. The van der Waals surface area contributed by atoms with Crippen LogP contribution >= 0.6 is 0 Å². The number of hydrogen-bond acceptors (Lipinski definition) is 5. The Morgan fingerprint density at radius 1 is 1.35 bits per heavy atom. The van der Waals surface area contributed by atoms with Crippen molar-refractivity contribution in [2.75, 3.05) is 24.6 Å². The fourth-order valence-electron chi connectivity index (χ4n) is 1.79.